The Labute approximate surface area is 134 Å². The number of nitrogens with one attached hydrogen (secondary N) is 1. The number of nitrogens with zero attached hydrogens (tertiary/aromatic N) is 1. The van der Waals surface area contributed by atoms with Gasteiger partial charge in [0, 0.05) is 21.0 Å². The molecule has 21 heavy (non-hydrogen) atoms. The molecule has 0 fully saturated rings. The number of rotatable bonds is 4. The van der Waals surface area contributed by atoms with Gasteiger partial charge in [0.15, 0.2) is 0 Å². The van der Waals surface area contributed by atoms with E-state index in [1.165, 1.54) is 15.3 Å². The number of halogens is 1. The first-order valence-electron chi connectivity index (χ1n) is 6.95. The number of aryl methyl sites for hydroxylation is 3. The van der Waals surface area contributed by atoms with Crippen LogP contribution in [-0.2, 0) is 6.42 Å². The van der Waals surface area contributed by atoms with E-state index in [-0.39, 0.29) is 11.9 Å². The van der Waals surface area contributed by atoms with Crippen LogP contribution in [0.5, 0.6) is 0 Å². The van der Waals surface area contributed by atoms with E-state index >= 15 is 0 Å². The molecular formula is C16H19ClN2OS. The van der Waals surface area contributed by atoms with Gasteiger partial charge < -0.3 is 5.32 Å². The third-order valence-corrected chi connectivity index (χ3v) is 4.54. The van der Waals surface area contributed by atoms with Gasteiger partial charge in [-0.2, -0.15) is 0 Å². The lowest BCUT2D eigenvalue weighted by molar-refractivity contribution is 0.0939. The minimum absolute atomic E-state index is 0.0283. The standard InChI is InChI=1S/C16H19ClN2OS/c1-5-13-7-12(8-15(17)19-13)16(20)18-10(3)14-6-9(2)21-11(14)4/h6-8,10H,5H2,1-4H3,(H,18,20). The van der Waals surface area contributed by atoms with Gasteiger partial charge in [-0.3, -0.25) is 4.79 Å². The van der Waals surface area contributed by atoms with E-state index in [9.17, 15) is 4.79 Å². The molecule has 2 aromatic rings. The summed E-state index contributed by atoms with van der Waals surface area (Å²) in [4.78, 5) is 19.0. The minimum atomic E-state index is -0.121. The fourth-order valence-electron chi connectivity index (χ4n) is 2.30. The van der Waals surface area contributed by atoms with Crippen LogP contribution < -0.4 is 5.32 Å². The fraction of sp³-hybridized carbons (Fsp3) is 0.375. The lowest BCUT2D eigenvalue weighted by Gasteiger charge is -2.14. The molecule has 0 aliphatic rings. The van der Waals surface area contributed by atoms with Crippen LogP contribution in [0.15, 0.2) is 18.2 Å². The first-order valence-corrected chi connectivity index (χ1v) is 8.14. The Morgan fingerprint density at radius 3 is 2.67 bits per heavy atom. The van der Waals surface area contributed by atoms with Gasteiger partial charge in [0.1, 0.15) is 5.15 Å². The third kappa shape index (κ3) is 3.83. The zero-order valence-electron chi connectivity index (χ0n) is 12.7. The maximum Gasteiger partial charge on any atom is 0.251 e. The monoisotopic (exact) mass is 322 g/mol. The molecule has 2 heterocycles. The second-order valence-electron chi connectivity index (χ2n) is 5.09. The number of thiophene rings is 1. The molecule has 2 aromatic heterocycles. The Morgan fingerprint density at radius 2 is 2.10 bits per heavy atom. The van der Waals surface area contributed by atoms with Crippen molar-refractivity contribution in [3.8, 4) is 0 Å². The number of carbonyl (C=O) groups excluding carboxylic acids is 1. The summed E-state index contributed by atoms with van der Waals surface area (Å²) < 4.78 is 0. The van der Waals surface area contributed by atoms with Crippen LogP contribution >= 0.6 is 22.9 Å². The van der Waals surface area contributed by atoms with Crippen LogP contribution in [0.4, 0.5) is 0 Å². The summed E-state index contributed by atoms with van der Waals surface area (Å²) in [5.41, 5.74) is 2.55. The molecule has 112 valence electrons. The predicted molar refractivity (Wildman–Crippen MR) is 88.3 cm³/mol. The van der Waals surface area contributed by atoms with Crippen LogP contribution in [0.1, 0.15) is 51.3 Å². The van der Waals surface area contributed by atoms with E-state index in [0.29, 0.717) is 10.7 Å². The molecule has 0 bridgehead atoms. The summed E-state index contributed by atoms with van der Waals surface area (Å²) in [6.45, 7) is 8.14. The van der Waals surface area contributed by atoms with E-state index < -0.39 is 0 Å². The van der Waals surface area contributed by atoms with E-state index in [2.05, 4.69) is 30.2 Å². The van der Waals surface area contributed by atoms with Crippen molar-refractivity contribution in [3.05, 3.63) is 49.9 Å². The van der Waals surface area contributed by atoms with Gasteiger partial charge in [-0.15, -0.1) is 11.3 Å². The molecule has 0 spiro atoms. The molecule has 1 unspecified atom stereocenters. The summed E-state index contributed by atoms with van der Waals surface area (Å²) in [7, 11) is 0. The van der Waals surface area contributed by atoms with E-state index in [4.69, 9.17) is 11.6 Å². The van der Waals surface area contributed by atoms with Gasteiger partial charge in [0.2, 0.25) is 0 Å². The first kappa shape index (κ1) is 16.0. The topological polar surface area (TPSA) is 42.0 Å². The molecule has 0 radical (unpaired) electrons. The van der Waals surface area contributed by atoms with Crippen molar-refractivity contribution in [2.24, 2.45) is 0 Å². The predicted octanol–water partition coefficient (Wildman–Crippen LogP) is 4.47. The summed E-state index contributed by atoms with van der Waals surface area (Å²) in [6, 6.07) is 5.50. The van der Waals surface area contributed by atoms with Crippen molar-refractivity contribution in [2.75, 3.05) is 0 Å². The highest BCUT2D eigenvalue weighted by Crippen LogP contribution is 2.26. The lowest BCUT2D eigenvalue weighted by atomic mass is 10.1. The van der Waals surface area contributed by atoms with Crippen LogP contribution in [0.3, 0.4) is 0 Å². The zero-order chi connectivity index (χ0) is 15.6. The van der Waals surface area contributed by atoms with Crippen molar-refractivity contribution >= 4 is 28.8 Å². The van der Waals surface area contributed by atoms with Gasteiger partial charge >= 0.3 is 0 Å². The maximum atomic E-state index is 12.4. The second-order valence-corrected chi connectivity index (χ2v) is 6.93. The Balaban J connectivity index is 2.18. The molecular weight excluding hydrogens is 304 g/mol. The average molecular weight is 323 g/mol. The van der Waals surface area contributed by atoms with Gasteiger partial charge in [0.05, 0.1) is 6.04 Å². The first-order chi connectivity index (χ1) is 9.90. The molecule has 1 N–H and O–H groups in total. The molecule has 1 atom stereocenters. The quantitative estimate of drug-likeness (QED) is 0.844. The van der Waals surface area contributed by atoms with Gasteiger partial charge in [-0.1, -0.05) is 18.5 Å². The smallest absolute Gasteiger partial charge is 0.251 e. The highest BCUT2D eigenvalue weighted by molar-refractivity contribution is 7.12. The van der Waals surface area contributed by atoms with E-state index in [1.54, 1.807) is 23.5 Å². The molecule has 1 amide bonds. The lowest BCUT2D eigenvalue weighted by Crippen LogP contribution is -2.27. The zero-order valence-corrected chi connectivity index (χ0v) is 14.2. The number of carbonyl (C=O) groups is 1. The Hall–Kier alpha value is -1.39. The minimum Gasteiger partial charge on any atom is -0.345 e. The van der Waals surface area contributed by atoms with Crippen molar-refractivity contribution in [2.45, 2.75) is 40.2 Å². The van der Waals surface area contributed by atoms with Gasteiger partial charge in [-0.05, 0) is 51.0 Å². The number of hydrogen-bond donors (Lipinski definition) is 1. The highest BCUT2D eigenvalue weighted by Gasteiger charge is 2.16. The second kappa shape index (κ2) is 6.58. The van der Waals surface area contributed by atoms with Gasteiger partial charge in [0.25, 0.3) is 5.91 Å². The summed E-state index contributed by atoms with van der Waals surface area (Å²) >= 11 is 7.71. The largest absolute Gasteiger partial charge is 0.345 e. The molecule has 3 nitrogen and oxygen atoms in total. The van der Waals surface area contributed by atoms with Gasteiger partial charge in [-0.25, -0.2) is 4.98 Å². The summed E-state index contributed by atoms with van der Waals surface area (Å²) in [6.07, 6.45) is 0.749. The van der Waals surface area contributed by atoms with E-state index in [0.717, 1.165) is 12.1 Å². The molecule has 0 saturated carbocycles. The third-order valence-electron chi connectivity index (χ3n) is 3.37. The number of aromatic nitrogens is 1. The van der Waals surface area contributed by atoms with E-state index in [1.807, 2.05) is 13.8 Å². The molecule has 5 heteroatoms. The molecule has 0 aliphatic heterocycles. The van der Waals surface area contributed by atoms with Crippen LogP contribution in [0.25, 0.3) is 0 Å². The highest BCUT2D eigenvalue weighted by atomic mass is 35.5. The summed E-state index contributed by atoms with van der Waals surface area (Å²) in [5.74, 6) is -0.121. The molecule has 0 aromatic carbocycles. The normalized spacial score (nSPS) is 12.2. The SMILES string of the molecule is CCc1cc(C(=O)NC(C)c2cc(C)sc2C)cc(Cl)n1. The average Bonchev–Trinajstić information content (AvgIpc) is 2.76. The Morgan fingerprint density at radius 1 is 1.38 bits per heavy atom. The Bertz CT molecular complexity index is 666. The van der Waals surface area contributed by atoms with Crippen LogP contribution in [0.2, 0.25) is 5.15 Å². The Kier molecular flexibility index (Phi) is 5.01. The van der Waals surface area contributed by atoms with Crippen LogP contribution in [0, 0.1) is 13.8 Å². The fourth-order valence-corrected chi connectivity index (χ4v) is 3.55. The van der Waals surface area contributed by atoms with Crippen molar-refractivity contribution in [1.82, 2.24) is 10.3 Å². The van der Waals surface area contributed by atoms with Crippen molar-refractivity contribution in [1.29, 1.82) is 0 Å². The number of pyridine rings is 1. The maximum absolute atomic E-state index is 12.4. The number of amides is 1. The van der Waals surface area contributed by atoms with Crippen molar-refractivity contribution < 1.29 is 4.79 Å². The van der Waals surface area contributed by atoms with Crippen LogP contribution in [-0.4, -0.2) is 10.9 Å². The van der Waals surface area contributed by atoms with Crippen molar-refractivity contribution in [3.63, 3.8) is 0 Å². The molecule has 2 rings (SSSR count). The molecule has 0 aliphatic carbocycles. The summed E-state index contributed by atoms with van der Waals surface area (Å²) in [5, 5.41) is 3.38. The number of hydrogen-bond acceptors (Lipinski definition) is 3. The molecule has 0 saturated heterocycles.